The number of hydrogen-bond donors (Lipinski definition) is 1. The van der Waals surface area contributed by atoms with Gasteiger partial charge in [-0.15, -0.1) is 11.3 Å². The van der Waals surface area contributed by atoms with Crippen LogP contribution >= 0.6 is 11.3 Å². The van der Waals surface area contributed by atoms with Crippen molar-refractivity contribution in [1.29, 1.82) is 0 Å². The molecule has 1 aliphatic heterocycles. The zero-order chi connectivity index (χ0) is 20.1. The summed E-state index contributed by atoms with van der Waals surface area (Å²) >= 11 is 1.11. The molecule has 7 nitrogen and oxygen atoms in total. The number of furan rings is 1. The maximum atomic E-state index is 12.5. The first-order chi connectivity index (χ1) is 13.5. The fourth-order valence-corrected chi connectivity index (χ4v) is 4.32. The van der Waals surface area contributed by atoms with E-state index in [2.05, 4.69) is 12.2 Å². The lowest BCUT2D eigenvalue weighted by Gasteiger charge is -2.35. The number of amides is 2. The van der Waals surface area contributed by atoms with E-state index in [1.165, 1.54) is 6.26 Å². The number of piperidine rings is 1. The van der Waals surface area contributed by atoms with E-state index in [0.717, 1.165) is 43.6 Å². The molecule has 0 saturated carbocycles. The van der Waals surface area contributed by atoms with Crippen molar-refractivity contribution in [3.8, 4) is 0 Å². The second-order valence-electron chi connectivity index (χ2n) is 6.78. The van der Waals surface area contributed by atoms with Gasteiger partial charge in [0.1, 0.15) is 4.88 Å². The number of likely N-dealkylation sites (tertiary alicyclic amines) is 1. The minimum atomic E-state index is -0.556. The number of esters is 1. The smallest absolute Gasteiger partial charge is 0.349 e. The Balaban J connectivity index is 1.57. The van der Waals surface area contributed by atoms with Crippen molar-refractivity contribution < 1.29 is 23.5 Å². The highest BCUT2D eigenvalue weighted by molar-refractivity contribution is 7.18. The summed E-state index contributed by atoms with van der Waals surface area (Å²) in [5.41, 5.74) is 0.682. The molecule has 1 N–H and O–H groups in total. The van der Waals surface area contributed by atoms with Crippen molar-refractivity contribution in [1.82, 2.24) is 4.90 Å². The van der Waals surface area contributed by atoms with E-state index in [0.29, 0.717) is 15.4 Å². The highest BCUT2D eigenvalue weighted by atomic mass is 32.1. The molecule has 1 unspecified atom stereocenters. The van der Waals surface area contributed by atoms with Crippen molar-refractivity contribution >= 4 is 34.1 Å². The van der Waals surface area contributed by atoms with Gasteiger partial charge in [-0.3, -0.25) is 9.59 Å². The molecule has 0 aliphatic carbocycles. The van der Waals surface area contributed by atoms with E-state index in [1.54, 1.807) is 25.1 Å². The molecular formula is C20H24N2O5S. The third-order valence-electron chi connectivity index (χ3n) is 4.83. The first-order valence-electron chi connectivity index (χ1n) is 9.41. The van der Waals surface area contributed by atoms with E-state index < -0.39 is 11.9 Å². The van der Waals surface area contributed by atoms with Crippen LogP contribution in [0.2, 0.25) is 0 Å². The molecule has 8 heteroatoms. The number of carbonyl (C=O) groups is 3. The number of nitrogens with zero attached hydrogens (tertiary/aromatic N) is 1. The molecule has 1 fully saturated rings. The summed E-state index contributed by atoms with van der Waals surface area (Å²) < 4.78 is 10.3. The predicted molar refractivity (Wildman–Crippen MR) is 106 cm³/mol. The lowest BCUT2D eigenvalue weighted by atomic mass is 10.00. The Morgan fingerprint density at radius 1 is 1.36 bits per heavy atom. The average molecular weight is 404 g/mol. The van der Waals surface area contributed by atoms with Crippen molar-refractivity contribution in [3.05, 3.63) is 40.7 Å². The highest BCUT2D eigenvalue weighted by Crippen LogP contribution is 2.28. The third-order valence-corrected chi connectivity index (χ3v) is 5.96. The number of nitrogens with one attached hydrogen (secondary N) is 1. The molecule has 0 aromatic carbocycles. The van der Waals surface area contributed by atoms with Crippen LogP contribution < -0.4 is 5.32 Å². The molecule has 3 heterocycles. The molecule has 0 spiro atoms. The Labute approximate surface area is 167 Å². The molecule has 2 aromatic heterocycles. The zero-order valence-corrected chi connectivity index (χ0v) is 16.8. The van der Waals surface area contributed by atoms with Gasteiger partial charge >= 0.3 is 5.97 Å². The van der Waals surface area contributed by atoms with Crippen LogP contribution in [0.25, 0.3) is 0 Å². The fraction of sp³-hybridized carbons (Fsp3) is 0.450. The summed E-state index contributed by atoms with van der Waals surface area (Å²) in [6.45, 7) is 4.28. The molecule has 1 atom stereocenters. The maximum absolute atomic E-state index is 12.5. The molecule has 2 amide bonds. The van der Waals surface area contributed by atoms with Gasteiger partial charge in [0, 0.05) is 12.6 Å². The van der Waals surface area contributed by atoms with Crippen LogP contribution in [0.3, 0.4) is 0 Å². The minimum Gasteiger partial charge on any atom is -0.459 e. The second-order valence-corrected chi connectivity index (χ2v) is 7.83. The number of rotatable bonds is 6. The molecule has 1 saturated heterocycles. The lowest BCUT2D eigenvalue weighted by molar-refractivity contribution is -0.138. The number of ether oxygens (including phenoxy) is 1. The lowest BCUT2D eigenvalue weighted by Crippen LogP contribution is -2.45. The van der Waals surface area contributed by atoms with Gasteiger partial charge in [-0.25, -0.2) is 4.79 Å². The molecule has 150 valence electrons. The Bertz CT molecular complexity index is 843. The normalized spacial score (nSPS) is 16.6. The molecular weight excluding hydrogens is 380 g/mol. The quantitative estimate of drug-likeness (QED) is 0.739. The topological polar surface area (TPSA) is 88.9 Å². The van der Waals surface area contributed by atoms with E-state index in [4.69, 9.17) is 9.15 Å². The van der Waals surface area contributed by atoms with Gasteiger partial charge in [-0.1, -0.05) is 6.92 Å². The summed E-state index contributed by atoms with van der Waals surface area (Å²) in [7, 11) is 0. The second kappa shape index (κ2) is 9.05. The largest absolute Gasteiger partial charge is 0.459 e. The maximum Gasteiger partial charge on any atom is 0.349 e. The van der Waals surface area contributed by atoms with Gasteiger partial charge in [0.2, 0.25) is 0 Å². The zero-order valence-electron chi connectivity index (χ0n) is 16.0. The van der Waals surface area contributed by atoms with Crippen LogP contribution in [0.4, 0.5) is 5.00 Å². The Hall–Kier alpha value is -2.61. The van der Waals surface area contributed by atoms with Crippen molar-refractivity contribution in [2.45, 2.75) is 45.6 Å². The third kappa shape index (κ3) is 4.62. The fourth-order valence-electron chi connectivity index (χ4n) is 3.36. The van der Waals surface area contributed by atoms with Gasteiger partial charge in [-0.05, 0) is 56.4 Å². The van der Waals surface area contributed by atoms with Gasteiger partial charge in [0.05, 0.1) is 11.3 Å². The van der Waals surface area contributed by atoms with Crippen molar-refractivity contribution in [3.63, 3.8) is 0 Å². The number of aryl methyl sites for hydroxylation is 1. The Kier molecular flexibility index (Phi) is 6.51. The van der Waals surface area contributed by atoms with E-state index in [1.807, 2.05) is 4.90 Å². The average Bonchev–Trinajstić information content (AvgIpc) is 3.35. The molecule has 28 heavy (non-hydrogen) atoms. The molecule has 2 aromatic rings. The van der Waals surface area contributed by atoms with Crippen LogP contribution in [-0.2, 0) is 9.53 Å². The van der Waals surface area contributed by atoms with Crippen molar-refractivity contribution in [2.75, 3.05) is 18.5 Å². The molecule has 3 rings (SSSR count). The van der Waals surface area contributed by atoms with Gasteiger partial charge < -0.3 is 19.4 Å². The SMILES string of the molecule is CCC1CCCCN1C(=O)COC(=O)c1sc(NC(=O)c2ccco2)cc1C. The first kappa shape index (κ1) is 20.1. The van der Waals surface area contributed by atoms with Crippen LogP contribution in [0.5, 0.6) is 0 Å². The summed E-state index contributed by atoms with van der Waals surface area (Å²) in [6.07, 6.45) is 5.43. The molecule has 1 aliphatic rings. The van der Waals surface area contributed by atoms with E-state index in [9.17, 15) is 14.4 Å². The Morgan fingerprint density at radius 3 is 2.89 bits per heavy atom. The summed E-state index contributed by atoms with van der Waals surface area (Å²) in [6, 6.07) is 5.11. The van der Waals surface area contributed by atoms with Crippen LogP contribution in [0.1, 0.15) is 58.4 Å². The summed E-state index contributed by atoms with van der Waals surface area (Å²) in [4.78, 5) is 39.1. The van der Waals surface area contributed by atoms with Gasteiger partial charge in [0.15, 0.2) is 12.4 Å². The first-order valence-corrected chi connectivity index (χ1v) is 10.2. The van der Waals surface area contributed by atoms with Gasteiger partial charge in [-0.2, -0.15) is 0 Å². The number of hydrogen-bond acceptors (Lipinski definition) is 6. The van der Waals surface area contributed by atoms with Crippen LogP contribution in [-0.4, -0.2) is 41.9 Å². The monoisotopic (exact) mass is 404 g/mol. The Morgan fingerprint density at radius 2 is 2.18 bits per heavy atom. The van der Waals surface area contributed by atoms with Crippen LogP contribution in [0.15, 0.2) is 28.9 Å². The van der Waals surface area contributed by atoms with Crippen molar-refractivity contribution in [2.24, 2.45) is 0 Å². The summed E-state index contributed by atoms with van der Waals surface area (Å²) in [5.74, 6) is -0.912. The number of carbonyl (C=O) groups excluding carboxylic acids is 3. The van der Waals surface area contributed by atoms with Gasteiger partial charge in [0.25, 0.3) is 11.8 Å². The summed E-state index contributed by atoms with van der Waals surface area (Å²) in [5, 5.41) is 3.21. The highest BCUT2D eigenvalue weighted by Gasteiger charge is 2.26. The predicted octanol–water partition coefficient (Wildman–Crippen LogP) is 3.85. The standard InChI is InChI=1S/C20H24N2O5S/c1-3-14-7-4-5-9-22(14)17(23)12-27-20(25)18-13(2)11-16(28-18)21-19(24)15-8-6-10-26-15/h6,8,10-11,14H,3-5,7,9,12H2,1-2H3,(H,21,24). The minimum absolute atomic E-state index is 0.152. The number of thiophene rings is 1. The van der Waals surface area contributed by atoms with Crippen LogP contribution in [0, 0.1) is 6.92 Å². The van der Waals surface area contributed by atoms with E-state index >= 15 is 0 Å². The molecule has 0 radical (unpaired) electrons. The number of anilines is 1. The van der Waals surface area contributed by atoms with E-state index in [-0.39, 0.29) is 24.3 Å². The molecule has 0 bridgehead atoms.